The van der Waals surface area contributed by atoms with E-state index in [0.29, 0.717) is 12.2 Å². The molecule has 0 radical (unpaired) electrons. The van der Waals surface area contributed by atoms with Crippen LogP contribution in [0.4, 0.5) is 0 Å². The Balaban J connectivity index is 1.85. The number of rotatable bonds is 5. The van der Waals surface area contributed by atoms with Crippen molar-refractivity contribution < 1.29 is 19.1 Å². The van der Waals surface area contributed by atoms with Crippen LogP contribution in [0.15, 0.2) is 40.8 Å². The summed E-state index contributed by atoms with van der Waals surface area (Å²) < 4.78 is 5.44. The molecule has 1 saturated carbocycles. The third-order valence-corrected chi connectivity index (χ3v) is 4.47. The normalized spacial score (nSPS) is 15.7. The van der Waals surface area contributed by atoms with Gasteiger partial charge in [-0.05, 0) is 24.8 Å². The molecule has 3 rings (SSSR count). The highest BCUT2D eigenvalue weighted by molar-refractivity contribution is 5.96. The Morgan fingerprint density at radius 2 is 1.96 bits per heavy atom. The molecule has 1 aliphatic carbocycles. The first kappa shape index (κ1) is 15.3. The van der Waals surface area contributed by atoms with E-state index in [1.807, 2.05) is 30.3 Å². The van der Waals surface area contributed by atoms with E-state index < -0.39 is 5.97 Å². The largest absolute Gasteiger partial charge is 0.478 e. The van der Waals surface area contributed by atoms with Crippen molar-refractivity contribution in [1.82, 2.24) is 5.32 Å². The maximum Gasteiger partial charge on any atom is 0.339 e. The minimum atomic E-state index is -1.08. The number of carbonyl (C=O) groups excluding carboxylic acids is 1. The summed E-state index contributed by atoms with van der Waals surface area (Å²) in [5.41, 5.74) is 0.751. The number of carbonyl (C=O) groups is 2. The van der Waals surface area contributed by atoms with E-state index in [0.717, 1.165) is 24.8 Å². The first-order valence-corrected chi connectivity index (χ1v) is 7.80. The molecule has 120 valence electrons. The van der Waals surface area contributed by atoms with Gasteiger partial charge in [0.2, 0.25) is 0 Å². The average molecular weight is 313 g/mol. The molecule has 0 unspecified atom stereocenters. The summed E-state index contributed by atoms with van der Waals surface area (Å²) in [5, 5.41) is 12.2. The number of carboxylic acid groups (broad SMARTS) is 1. The highest BCUT2D eigenvalue weighted by Gasteiger charge is 2.40. The van der Waals surface area contributed by atoms with Crippen molar-refractivity contribution in [3.63, 3.8) is 0 Å². The van der Waals surface area contributed by atoms with Gasteiger partial charge in [0.15, 0.2) is 5.76 Å². The molecule has 2 aromatic rings. The third-order valence-electron chi connectivity index (χ3n) is 4.47. The van der Waals surface area contributed by atoms with E-state index in [-0.39, 0.29) is 22.8 Å². The second-order valence-corrected chi connectivity index (χ2v) is 5.86. The van der Waals surface area contributed by atoms with Crippen LogP contribution in [0.25, 0.3) is 0 Å². The highest BCUT2D eigenvalue weighted by Crippen LogP contribution is 2.41. The molecule has 5 heteroatoms. The van der Waals surface area contributed by atoms with Gasteiger partial charge in [0, 0.05) is 12.5 Å². The Bertz CT molecular complexity index is 729. The molecule has 0 spiro atoms. The van der Waals surface area contributed by atoms with Crippen molar-refractivity contribution in [2.45, 2.75) is 38.1 Å². The number of hydrogen-bond acceptors (Lipinski definition) is 3. The maximum absolute atomic E-state index is 12.5. The van der Waals surface area contributed by atoms with Gasteiger partial charge in [-0.3, -0.25) is 4.79 Å². The fourth-order valence-corrected chi connectivity index (χ4v) is 3.04. The molecule has 0 bridgehead atoms. The molecular weight excluding hydrogens is 294 g/mol. The van der Waals surface area contributed by atoms with Gasteiger partial charge in [-0.1, -0.05) is 37.3 Å². The lowest BCUT2D eigenvalue weighted by Gasteiger charge is -2.42. The Kier molecular flexibility index (Phi) is 3.94. The zero-order chi connectivity index (χ0) is 16.4. The number of hydrogen-bond donors (Lipinski definition) is 2. The van der Waals surface area contributed by atoms with Crippen molar-refractivity contribution in [2.75, 3.05) is 0 Å². The summed E-state index contributed by atoms with van der Waals surface area (Å²) in [6, 6.07) is 11.2. The molecule has 1 aromatic carbocycles. The van der Waals surface area contributed by atoms with Crippen LogP contribution in [0, 0.1) is 0 Å². The lowest BCUT2D eigenvalue weighted by Crippen LogP contribution is -2.50. The van der Waals surface area contributed by atoms with Crippen LogP contribution in [0.1, 0.15) is 58.4 Å². The number of aromatic carboxylic acids is 1. The fourth-order valence-electron chi connectivity index (χ4n) is 3.04. The van der Waals surface area contributed by atoms with Crippen molar-refractivity contribution in [3.05, 3.63) is 59.0 Å². The van der Waals surface area contributed by atoms with Crippen LogP contribution in [-0.4, -0.2) is 17.0 Å². The van der Waals surface area contributed by atoms with E-state index in [2.05, 4.69) is 5.32 Å². The molecule has 0 aliphatic heterocycles. The predicted octanol–water partition coefficient (Wildman–Crippen LogP) is 3.35. The molecule has 1 aliphatic rings. The summed E-state index contributed by atoms with van der Waals surface area (Å²) in [6.45, 7) is 1.80. The van der Waals surface area contributed by atoms with Crippen molar-refractivity contribution in [3.8, 4) is 0 Å². The number of amides is 1. The van der Waals surface area contributed by atoms with Gasteiger partial charge in [0.25, 0.3) is 5.91 Å². The minimum absolute atomic E-state index is 0.0556. The van der Waals surface area contributed by atoms with Gasteiger partial charge in [-0.25, -0.2) is 4.79 Å². The molecule has 1 heterocycles. The molecular formula is C18H19NO4. The van der Waals surface area contributed by atoms with Crippen LogP contribution < -0.4 is 5.32 Å². The van der Waals surface area contributed by atoms with Crippen molar-refractivity contribution in [2.24, 2.45) is 0 Å². The van der Waals surface area contributed by atoms with Crippen LogP contribution in [0.5, 0.6) is 0 Å². The topological polar surface area (TPSA) is 79.5 Å². The smallest absolute Gasteiger partial charge is 0.339 e. The summed E-state index contributed by atoms with van der Waals surface area (Å²) in [5.74, 6) is -1.06. The number of furan rings is 1. The van der Waals surface area contributed by atoms with E-state index in [4.69, 9.17) is 9.52 Å². The zero-order valence-corrected chi connectivity index (χ0v) is 13.0. The Labute approximate surface area is 134 Å². The van der Waals surface area contributed by atoms with Gasteiger partial charge < -0.3 is 14.8 Å². The molecule has 5 nitrogen and oxygen atoms in total. The van der Waals surface area contributed by atoms with Gasteiger partial charge in [0.05, 0.1) is 5.54 Å². The number of benzene rings is 1. The molecule has 1 aromatic heterocycles. The Hall–Kier alpha value is -2.56. The van der Waals surface area contributed by atoms with Gasteiger partial charge in [-0.15, -0.1) is 0 Å². The maximum atomic E-state index is 12.5. The number of aryl methyl sites for hydroxylation is 1. The second-order valence-electron chi connectivity index (χ2n) is 5.86. The monoisotopic (exact) mass is 313 g/mol. The van der Waals surface area contributed by atoms with Crippen LogP contribution >= 0.6 is 0 Å². The fraction of sp³-hybridized carbons (Fsp3) is 0.333. The Morgan fingerprint density at radius 1 is 1.26 bits per heavy atom. The van der Waals surface area contributed by atoms with E-state index in [1.54, 1.807) is 6.92 Å². The molecule has 2 N–H and O–H groups in total. The van der Waals surface area contributed by atoms with Gasteiger partial charge >= 0.3 is 5.97 Å². The zero-order valence-electron chi connectivity index (χ0n) is 13.0. The molecule has 1 fully saturated rings. The van der Waals surface area contributed by atoms with E-state index in [9.17, 15) is 9.59 Å². The summed E-state index contributed by atoms with van der Waals surface area (Å²) in [4.78, 5) is 23.7. The van der Waals surface area contributed by atoms with Crippen molar-refractivity contribution in [1.29, 1.82) is 0 Å². The first-order chi connectivity index (χ1) is 11.1. The van der Waals surface area contributed by atoms with Gasteiger partial charge in [-0.2, -0.15) is 0 Å². The van der Waals surface area contributed by atoms with Crippen molar-refractivity contribution >= 4 is 11.9 Å². The number of carboxylic acids is 1. The quantitative estimate of drug-likeness (QED) is 0.887. The lowest BCUT2D eigenvalue weighted by atomic mass is 9.71. The molecule has 0 saturated heterocycles. The highest BCUT2D eigenvalue weighted by atomic mass is 16.4. The number of nitrogens with one attached hydrogen (secondary N) is 1. The molecule has 23 heavy (non-hydrogen) atoms. The second kappa shape index (κ2) is 5.91. The predicted molar refractivity (Wildman–Crippen MR) is 84.5 cm³/mol. The molecule has 0 atom stereocenters. The third kappa shape index (κ3) is 2.74. The van der Waals surface area contributed by atoms with Crippen LogP contribution in [-0.2, 0) is 12.0 Å². The standard InChI is InChI=1S/C18H19NO4/c1-2-14-13(17(21)22)11-15(23-14)16(20)19-18(9-6-10-18)12-7-4-3-5-8-12/h3-5,7-8,11H,2,6,9-10H2,1H3,(H,19,20)(H,21,22). The van der Waals surface area contributed by atoms with E-state index >= 15 is 0 Å². The first-order valence-electron chi connectivity index (χ1n) is 7.80. The van der Waals surface area contributed by atoms with Crippen LogP contribution in [0.2, 0.25) is 0 Å². The van der Waals surface area contributed by atoms with Gasteiger partial charge in [0.1, 0.15) is 11.3 Å². The summed E-state index contributed by atoms with van der Waals surface area (Å²) in [6.07, 6.45) is 3.22. The average Bonchev–Trinajstić information content (AvgIpc) is 2.96. The van der Waals surface area contributed by atoms with Crippen LogP contribution in [0.3, 0.4) is 0 Å². The molecule has 1 amide bonds. The SMILES string of the molecule is CCc1oc(C(=O)NC2(c3ccccc3)CCC2)cc1C(=O)O. The van der Waals surface area contributed by atoms with E-state index in [1.165, 1.54) is 6.07 Å². The summed E-state index contributed by atoms with van der Waals surface area (Å²) in [7, 11) is 0. The minimum Gasteiger partial charge on any atom is -0.478 e. The summed E-state index contributed by atoms with van der Waals surface area (Å²) >= 11 is 0. The Morgan fingerprint density at radius 3 is 2.43 bits per heavy atom. The lowest BCUT2D eigenvalue weighted by molar-refractivity contribution is 0.0693.